The fourth-order valence-electron chi connectivity index (χ4n) is 5.57. The summed E-state index contributed by atoms with van der Waals surface area (Å²) < 4.78 is 16.1. The molecule has 0 spiro atoms. The smallest absolute Gasteiger partial charge is 0.320 e. The Morgan fingerprint density at radius 2 is 1.48 bits per heavy atom. The molecule has 226 valence electrons. The number of morpholine rings is 1. The second-order valence-corrected chi connectivity index (χ2v) is 10.5. The largest absolute Gasteiger partial charge is 0.493 e. The summed E-state index contributed by atoms with van der Waals surface area (Å²) >= 11 is 0. The van der Waals surface area contributed by atoms with Crippen LogP contribution in [0.1, 0.15) is 27.1 Å². The van der Waals surface area contributed by atoms with E-state index < -0.39 is 0 Å². The van der Waals surface area contributed by atoms with Crippen LogP contribution in [0.4, 0.5) is 16.2 Å². The Bertz CT molecular complexity index is 1280. The molecule has 2 N–H and O–H groups in total. The number of piperazine rings is 1. The first-order valence-electron chi connectivity index (χ1n) is 14.5. The Morgan fingerprint density at radius 3 is 2.21 bits per heavy atom. The van der Waals surface area contributed by atoms with E-state index in [1.54, 1.807) is 31.4 Å². The number of rotatable bonds is 6. The Kier molecular flexibility index (Phi) is 9.65. The first kappa shape index (κ1) is 29.5. The molecule has 3 aliphatic heterocycles. The predicted octanol–water partition coefficient (Wildman–Crippen LogP) is 1.97. The van der Waals surface area contributed by atoms with Crippen LogP contribution in [0.2, 0.25) is 0 Å². The molecule has 3 aliphatic rings. The number of carbonyl (C=O) groups excluding carboxylic acids is 3. The number of benzene rings is 2. The van der Waals surface area contributed by atoms with Crippen molar-refractivity contribution in [2.75, 3.05) is 103 Å². The van der Waals surface area contributed by atoms with Crippen LogP contribution in [0.3, 0.4) is 0 Å². The van der Waals surface area contributed by atoms with E-state index in [1.165, 1.54) is 7.11 Å². The molecule has 0 aromatic heterocycles. The van der Waals surface area contributed by atoms with Crippen molar-refractivity contribution in [1.29, 1.82) is 0 Å². The van der Waals surface area contributed by atoms with Gasteiger partial charge in [0.15, 0.2) is 11.5 Å². The topological polar surface area (TPSA) is 116 Å². The van der Waals surface area contributed by atoms with Gasteiger partial charge in [-0.25, -0.2) is 4.79 Å². The van der Waals surface area contributed by atoms with Gasteiger partial charge < -0.3 is 44.4 Å². The van der Waals surface area contributed by atoms with Crippen molar-refractivity contribution in [2.45, 2.75) is 6.42 Å². The quantitative estimate of drug-likeness (QED) is 0.533. The summed E-state index contributed by atoms with van der Waals surface area (Å²) in [5.74, 6) is 0.579. The van der Waals surface area contributed by atoms with E-state index in [9.17, 15) is 14.4 Å². The molecule has 0 unspecified atom stereocenters. The molecule has 3 saturated heterocycles. The van der Waals surface area contributed by atoms with Gasteiger partial charge in [-0.1, -0.05) is 0 Å². The lowest BCUT2D eigenvalue weighted by Crippen LogP contribution is -2.49. The van der Waals surface area contributed by atoms with E-state index in [0.29, 0.717) is 93.9 Å². The fraction of sp³-hybridized carbons (Fsp3) is 0.500. The normalized spacial score (nSPS) is 17.9. The van der Waals surface area contributed by atoms with Crippen molar-refractivity contribution in [3.63, 3.8) is 0 Å². The number of urea groups is 1. The average molecular weight is 581 g/mol. The molecule has 0 saturated carbocycles. The van der Waals surface area contributed by atoms with E-state index in [4.69, 9.17) is 14.2 Å². The van der Waals surface area contributed by atoms with Crippen LogP contribution in [0.5, 0.6) is 11.5 Å². The monoisotopic (exact) mass is 580 g/mol. The highest BCUT2D eigenvalue weighted by Crippen LogP contribution is 2.31. The molecule has 0 bridgehead atoms. The molecule has 42 heavy (non-hydrogen) atoms. The molecule has 12 nitrogen and oxygen atoms in total. The van der Waals surface area contributed by atoms with Gasteiger partial charge in [-0.3, -0.25) is 9.59 Å². The molecular weight excluding hydrogens is 540 g/mol. The van der Waals surface area contributed by atoms with Crippen molar-refractivity contribution in [1.82, 2.24) is 20.0 Å². The minimum atomic E-state index is -0.331. The van der Waals surface area contributed by atoms with E-state index in [2.05, 4.69) is 15.5 Å². The van der Waals surface area contributed by atoms with Crippen molar-refractivity contribution >= 4 is 29.2 Å². The minimum absolute atomic E-state index is 0.0408. The van der Waals surface area contributed by atoms with E-state index in [0.717, 1.165) is 25.2 Å². The summed E-state index contributed by atoms with van der Waals surface area (Å²) in [6.07, 6.45) is 0.778. The fourth-order valence-corrected chi connectivity index (χ4v) is 5.57. The number of ether oxygens (including phenoxy) is 3. The van der Waals surface area contributed by atoms with Crippen LogP contribution < -0.4 is 25.0 Å². The van der Waals surface area contributed by atoms with Crippen LogP contribution in [-0.2, 0) is 4.74 Å². The van der Waals surface area contributed by atoms with Gasteiger partial charge in [-0.2, -0.15) is 0 Å². The number of nitrogens with zero attached hydrogens (tertiary/aromatic N) is 4. The molecule has 3 fully saturated rings. The van der Waals surface area contributed by atoms with Gasteiger partial charge in [-0.15, -0.1) is 0 Å². The maximum atomic E-state index is 13.5. The molecule has 4 amide bonds. The Balaban J connectivity index is 1.39. The molecule has 0 radical (unpaired) electrons. The third kappa shape index (κ3) is 6.71. The van der Waals surface area contributed by atoms with Crippen LogP contribution >= 0.6 is 0 Å². The van der Waals surface area contributed by atoms with E-state index in [1.807, 2.05) is 26.8 Å². The van der Waals surface area contributed by atoms with Crippen molar-refractivity contribution in [2.24, 2.45) is 0 Å². The summed E-state index contributed by atoms with van der Waals surface area (Å²) in [5, 5.41) is 6.33. The Hall–Kier alpha value is -4.03. The first-order valence-corrected chi connectivity index (χ1v) is 14.5. The number of hydrogen-bond donors (Lipinski definition) is 2. The second kappa shape index (κ2) is 13.8. The Labute approximate surface area is 246 Å². The summed E-state index contributed by atoms with van der Waals surface area (Å²) in [6.45, 7) is 7.61. The highest BCUT2D eigenvalue weighted by molar-refractivity contribution is 6.07. The number of carbonyl (C=O) groups is 3. The SMILES string of the molecule is COc1ccc(C(=O)Nc2cc(C(=O)N3CCNCC3)ccc2N2CCCN(C(=O)N3CCOCC3)CC2)cc1OC. The highest BCUT2D eigenvalue weighted by Gasteiger charge is 2.27. The van der Waals surface area contributed by atoms with Crippen LogP contribution in [0, 0.1) is 0 Å². The maximum absolute atomic E-state index is 13.5. The van der Waals surface area contributed by atoms with Crippen LogP contribution in [-0.4, -0.2) is 125 Å². The summed E-state index contributed by atoms with van der Waals surface area (Å²) in [7, 11) is 3.07. The van der Waals surface area contributed by atoms with Gasteiger partial charge in [0.25, 0.3) is 11.8 Å². The molecule has 0 atom stereocenters. The van der Waals surface area contributed by atoms with Gasteiger partial charge >= 0.3 is 6.03 Å². The standard InChI is InChI=1S/C30H40N6O6/c1-40-26-7-5-22(21-27(26)41-2)28(37)32-24-20-23(29(38)34-12-8-31-9-13-34)4-6-25(24)33-10-3-11-35(15-14-33)30(39)36-16-18-42-19-17-36/h4-7,20-21,31H,3,8-19H2,1-2H3,(H,32,37). The zero-order valence-corrected chi connectivity index (χ0v) is 24.4. The summed E-state index contributed by atoms with van der Waals surface area (Å²) in [4.78, 5) is 47.7. The maximum Gasteiger partial charge on any atom is 0.320 e. The summed E-state index contributed by atoms with van der Waals surface area (Å²) in [6, 6.07) is 10.5. The van der Waals surface area contributed by atoms with Gasteiger partial charge in [0.05, 0.1) is 38.8 Å². The predicted molar refractivity (Wildman–Crippen MR) is 159 cm³/mol. The molecule has 2 aromatic rings. The third-order valence-corrected chi connectivity index (χ3v) is 7.93. The zero-order chi connectivity index (χ0) is 29.5. The van der Waals surface area contributed by atoms with Gasteiger partial charge in [0, 0.05) is 76.6 Å². The van der Waals surface area contributed by atoms with Crippen LogP contribution in [0.15, 0.2) is 36.4 Å². The van der Waals surface area contributed by atoms with Gasteiger partial charge in [-0.05, 0) is 42.8 Å². The van der Waals surface area contributed by atoms with Gasteiger partial charge in [0.1, 0.15) is 0 Å². The molecule has 5 rings (SSSR count). The van der Waals surface area contributed by atoms with Crippen LogP contribution in [0.25, 0.3) is 0 Å². The van der Waals surface area contributed by atoms with Crippen molar-refractivity contribution < 1.29 is 28.6 Å². The number of methoxy groups -OCH3 is 2. The Morgan fingerprint density at radius 1 is 0.762 bits per heavy atom. The molecular formula is C30H40N6O6. The average Bonchev–Trinajstić information content (AvgIpc) is 3.31. The van der Waals surface area contributed by atoms with Gasteiger partial charge in [0.2, 0.25) is 0 Å². The van der Waals surface area contributed by atoms with Crippen molar-refractivity contribution in [3.05, 3.63) is 47.5 Å². The lowest BCUT2D eigenvalue weighted by Gasteiger charge is -2.32. The number of nitrogens with one attached hydrogen (secondary N) is 2. The molecule has 12 heteroatoms. The van der Waals surface area contributed by atoms with E-state index in [-0.39, 0.29) is 17.8 Å². The lowest BCUT2D eigenvalue weighted by atomic mass is 10.1. The number of anilines is 2. The molecule has 2 aromatic carbocycles. The van der Waals surface area contributed by atoms with Crippen molar-refractivity contribution in [3.8, 4) is 11.5 Å². The van der Waals surface area contributed by atoms with E-state index >= 15 is 0 Å². The highest BCUT2D eigenvalue weighted by atomic mass is 16.5. The second-order valence-electron chi connectivity index (χ2n) is 10.5. The number of hydrogen-bond acceptors (Lipinski definition) is 8. The zero-order valence-electron chi connectivity index (χ0n) is 24.4. The third-order valence-electron chi connectivity index (χ3n) is 7.93. The lowest BCUT2D eigenvalue weighted by molar-refractivity contribution is 0.0438. The first-order chi connectivity index (χ1) is 20.5. The number of amides is 4. The minimum Gasteiger partial charge on any atom is -0.493 e. The molecule has 0 aliphatic carbocycles. The summed E-state index contributed by atoms with van der Waals surface area (Å²) in [5.41, 5.74) is 2.27. The molecule has 3 heterocycles.